The molecule has 1 saturated carbocycles. The Hall–Kier alpha value is -0.860. The van der Waals surface area contributed by atoms with Gasteiger partial charge in [-0.2, -0.15) is 0 Å². The number of thiophene rings is 1. The van der Waals surface area contributed by atoms with Gasteiger partial charge in [-0.15, -0.1) is 11.3 Å². The summed E-state index contributed by atoms with van der Waals surface area (Å²) in [7, 11) is 0. The molecule has 1 nitrogen and oxygen atoms in total. The Morgan fingerprint density at radius 2 is 2.22 bits per heavy atom. The average molecular weight is 259 g/mol. The van der Waals surface area contributed by atoms with Gasteiger partial charge in [0.15, 0.2) is 0 Å². The van der Waals surface area contributed by atoms with E-state index >= 15 is 0 Å². The molecule has 18 heavy (non-hydrogen) atoms. The second-order valence-electron chi connectivity index (χ2n) is 5.56. The molecule has 3 unspecified atom stereocenters. The second kappa shape index (κ2) is 5.02. The summed E-state index contributed by atoms with van der Waals surface area (Å²) >= 11 is 1.83. The number of rotatable bonds is 3. The molecule has 1 aromatic carbocycles. The van der Waals surface area contributed by atoms with Crippen LogP contribution in [0.3, 0.4) is 0 Å². The zero-order valence-electron chi connectivity index (χ0n) is 10.9. The van der Waals surface area contributed by atoms with E-state index in [0.717, 1.165) is 5.92 Å². The molecule has 0 amide bonds. The quantitative estimate of drug-likeness (QED) is 0.847. The van der Waals surface area contributed by atoms with E-state index in [-0.39, 0.29) is 6.04 Å². The van der Waals surface area contributed by atoms with Gasteiger partial charge in [0.05, 0.1) is 0 Å². The van der Waals surface area contributed by atoms with Crippen LogP contribution in [0.5, 0.6) is 0 Å². The molecule has 2 aromatic rings. The van der Waals surface area contributed by atoms with Crippen molar-refractivity contribution in [2.45, 2.75) is 38.6 Å². The first-order valence-corrected chi connectivity index (χ1v) is 7.89. The Balaban J connectivity index is 1.88. The highest BCUT2D eigenvalue weighted by molar-refractivity contribution is 7.17. The first-order valence-electron chi connectivity index (χ1n) is 7.01. The number of hydrogen-bond donors (Lipinski definition) is 1. The van der Waals surface area contributed by atoms with Crippen LogP contribution in [-0.2, 0) is 0 Å². The summed E-state index contributed by atoms with van der Waals surface area (Å²) in [6, 6.07) is 8.98. The number of benzene rings is 1. The third kappa shape index (κ3) is 2.08. The van der Waals surface area contributed by atoms with Crippen LogP contribution in [0.2, 0.25) is 0 Å². The highest BCUT2D eigenvalue weighted by atomic mass is 32.1. The van der Waals surface area contributed by atoms with Crippen LogP contribution in [0.25, 0.3) is 10.1 Å². The molecule has 0 spiro atoms. The molecular formula is C16H21NS. The van der Waals surface area contributed by atoms with Crippen molar-refractivity contribution in [3.8, 4) is 0 Å². The molecule has 0 radical (unpaired) electrons. The Labute approximate surface area is 113 Å². The molecule has 1 fully saturated rings. The van der Waals surface area contributed by atoms with E-state index < -0.39 is 0 Å². The van der Waals surface area contributed by atoms with Crippen molar-refractivity contribution in [3.63, 3.8) is 0 Å². The van der Waals surface area contributed by atoms with Crippen LogP contribution in [0.4, 0.5) is 0 Å². The predicted octanol–water partition coefficient (Wildman–Crippen LogP) is 4.73. The lowest BCUT2D eigenvalue weighted by Gasteiger charge is -2.20. The van der Waals surface area contributed by atoms with Gasteiger partial charge < -0.3 is 5.73 Å². The third-order valence-corrected chi connectivity index (χ3v) is 5.51. The number of hydrogen-bond acceptors (Lipinski definition) is 2. The lowest BCUT2D eigenvalue weighted by Crippen LogP contribution is -2.19. The van der Waals surface area contributed by atoms with Crippen molar-refractivity contribution in [3.05, 3.63) is 35.2 Å². The second-order valence-corrected chi connectivity index (χ2v) is 6.48. The molecule has 3 atom stereocenters. The first kappa shape index (κ1) is 12.2. The molecule has 1 heterocycles. The lowest BCUT2D eigenvalue weighted by atomic mass is 9.91. The number of fused-ring (bicyclic) bond motifs is 1. The van der Waals surface area contributed by atoms with E-state index in [1.54, 1.807) is 0 Å². The van der Waals surface area contributed by atoms with E-state index in [1.807, 2.05) is 11.3 Å². The van der Waals surface area contributed by atoms with Crippen molar-refractivity contribution in [2.24, 2.45) is 17.6 Å². The van der Waals surface area contributed by atoms with Crippen LogP contribution in [-0.4, -0.2) is 0 Å². The van der Waals surface area contributed by atoms with Crippen LogP contribution in [0.1, 0.15) is 44.2 Å². The molecular weight excluding hydrogens is 238 g/mol. The largest absolute Gasteiger partial charge is 0.324 e. The SMILES string of the molecule is CCC1CCC(C(N)c2cccc3ccsc23)C1. The van der Waals surface area contributed by atoms with Gasteiger partial charge in [0.25, 0.3) is 0 Å². The molecule has 96 valence electrons. The van der Waals surface area contributed by atoms with Gasteiger partial charge in [0.2, 0.25) is 0 Å². The predicted molar refractivity (Wildman–Crippen MR) is 79.9 cm³/mol. The Morgan fingerprint density at radius 1 is 1.33 bits per heavy atom. The van der Waals surface area contributed by atoms with Crippen molar-refractivity contribution in [1.29, 1.82) is 0 Å². The molecule has 0 aliphatic heterocycles. The van der Waals surface area contributed by atoms with E-state index in [1.165, 1.54) is 41.3 Å². The summed E-state index contributed by atoms with van der Waals surface area (Å²) in [4.78, 5) is 0. The van der Waals surface area contributed by atoms with Crippen molar-refractivity contribution < 1.29 is 0 Å². The molecule has 0 saturated heterocycles. The van der Waals surface area contributed by atoms with Crippen molar-refractivity contribution in [1.82, 2.24) is 0 Å². The fourth-order valence-electron chi connectivity index (χ4n) is 3.34. The van der Waals surface area contributed by atoms with E-state index in [4.69, 9.17) is 5.73 Å². The zero-order valence-corrected chi connectivity index (χ0v) is 11.7. The van der Waals surface area contributed by atoms with E-state index in [0.29, 0.717) is 5.92 Å². The Kier molecular flexibility index (Phi) is 3.40. The molecule has 1 aliphatic carbocycles. The fraction of sp³-hybridized carbons (Fsp3) is 0.500. The highest BCUT2D eigenvalue weighted by Crippen LogP contribution is 2.41. The van der Waals surface area contributed by atoms with Gasteiger partial charge in [-0.3, -0.25) is 0 Å². The monoisotopic (exact) mass is 259 g/mol. The van der Waals surface area contributed by atoms with Gasteiger partial charge in [-0.1, -0.05) is 38.0 Å². The Bertz CT molecular complexity index is 531. The van der Waals surface area contributed by atoms with Crippen molar-refractivity contribution in [2.75, 3.05) is 0 Å². The smallest absolute Gasteiger partial charge is 0.0390 e. The van der Waals surface area contributed by atoms with Crippen LogP contribution in [0, 0.1) is 11.8 Å². The maximum Gasteiger partial charge on any atom is 0.0390 e. The average Bonchev–Trinajstić information content (AvgIpc) is 3.05. The van der Waals surface area contributed by atoms with Gasteiger partial charge in [-0.25, -0.2) is 0 Å². The summed E-state index contributed by atoms with van der Waals surface area (Å²) in [6.45, 7) is 2.30. The summed E-state index contributed by atoms with van der Waals surface area (Å²) in [5.41, 5.74) is 7.91. The molecule has 1 aliphatic rings. The van der Waals surface area contributed by atoms with Crippen LogP contribution >= 0.6 is 11.3 Å². The van der Waals surface area contributed by atoms with Crippen molar-refractivity contribution >= 4 is 21.4 Å². The van der Waals surface area contributed by atoms with Gasteiger partial charge in [-0.05, 0) is 47.1 Å². The molecule has 1 aromatic heterocycles. The van der Waals surface area contributed by atoms with Crippen LogP contribution in [0.15, 0.2) is 29.6 Å². The summed E-state index contributed by atoms with van der Waals surface area (Å²) in [6.07, 6.45) is 5.31. The zero-order chi connectivity index (χ0) is 12.5. The highest BCUT2D eigenvalue weighted by Gasteiger charge is 2.29. The minimum atomic E-state index is 0.226. The maximum atomic E-state index is 6.55. The minimum absolute atomic E-state index is 0.226. The fourth-order valence-corrected chi connectivity index (χ4v) is 4.31. The summed E-state index contributed by atoms with van der Waals surface area (Å²) < 4.78 is 1.39. The van der Waals surface area contributed by atoms with Crippen LogP contribution < -0.4 is 5.73 Å². The molecule has 2 heteroatoms. The first-order chi connectivity index (χ1) is 8.79. The maximum absolute atomic E-state index is 6.55. The van der Waals surface area contributed by atoms with E-state index in [9.17, 15) is 0 Å². The topological polar surface area (TPSA) is 26.0 Å². The van der Waals surface area contributed by atoms with E-state index in [2.05, 4.69) is 36.6 Å². The molecule has 3 rings (SSSR count). The Morgan fingerprint density at radius 3 is 3.00 bits per heavy atom. The van der Waals surface area contributed by atoms with Gasteiger partial charge in [0, 0.05) is 10.7 Å². The third-order valence-electron chi connectivity index (χ3n) is 4.54. The normalized spacial score (nSPS) is 25.7. The molecule has 0 bridgehead atoms. The van der Waals surface area contributed by atoms with Gasteiger partial charge in [0.1, 0.15) is 0 Å². The number of nitrogens with two attached hydrogens (primary N) is 1. The van der Waals surface area contributed by atoms with Gasteiger partial charge >= 0.3 is 0 Å². The standard InChI is InChI=1S/C16H21NS/c1-2-11-6-7-13(10-11)15(17)14-5-3-4-12-8-9-18-16(12)14/h3-5,8-9,11,13,15H,2,6-7,10,17H2,1H3. The molecule has 2 N–H and O–H groups in total. The minimum Gasteiger partial charge on any atom is -0.324 e. The lowest BCUT2D eigenvalue weighted by molar-refractivity contribution is 0.418. The summed E-state index contributed by atoms with van der Waals surface area (Å²) in [5, 5.41) is 3.52. The summed E-state index contributed by atoms with van der Waals surface area (Å²) in [5.74, 6) is 1.59.